The van der Waals surface area contributed by atoms with Crippen LogP contribution in [-0.2, 0) is 4.79 Å². The largest absolute Gasteiger partial charge is 0.358 e. The SMILES string of the molecule is CNC(=O)[C@@H](C)Nc1cc(Cl)nc(C2CC2)n1. The Morgan fingerprint density at radius 1 is 1.53 bits per heavy atom. The van der Waals surface area contributed by atoms with Crippen LogP contribution in [0.15, 0.2) is 6.07 Å². The van der Waals surface area contributed by atoms with Crippen LogP contribution in [0.5, 0.6) is 0 Å². The monoisotopic (exact) mass is 254 g/mol. The zero-order valence-electron chi connectivity index (χ0n) is 9.83. The van der Waals surface area contributed by atoms with Crippen LogP contribution in [0.2, 0.25) is 5.15 Å². The number of rotatable bonds is 4. The molecule has 0 aromatic carbocycles. The van der Waals surface area contributed by atoms with Gasteiger partial charge in [0.25, 0.3) is 0 Å². The zero-order chi connectivity index (χ0) is 12.4. The molecule has 2 N–H and O–H groups in total. The molecule has 1 aliphatic carbocycles. The van der Waals surface area contributed by atoms with Gasteiger partial charge < -0.3 is 10.6 Å². The highest BCUT2D eigenvalue weighted by Gasteiger charge is 2.27. The maximum atomic E-state index is 11.4. The summed E-state index contributed by atoms with van der Waals surface area (Å²) in [7, 11) is 1.60. The Morgan fingerprint density at radius 3 is 2.82 bits per heavy atom. The number of hydrogen-bond acceptors (Lipinski definition) is 4. The smallest absolute Gasteiger partial charge is 0.241 e. The number of anilines is 1. The van der Waals surface area contributed by atoms with Crippen LogP contribution in [0.25, 0.3) is 0 Å². The fourth-order valence-corrected chi connectivity index (χ4v) is 1.73. The van der Waals surface area contributed by atoms with E-state index < -0.39 is 0 Å². The summed E-state index contributed by atoms with van der Waals surface area (Å²) in [4.78, 5) is 19.9. The lowest BCUT2D eigenvalue weighted by molar-refractivity contribution is -0.121. The van der Waals surface area contributed by atoms with E-state index in [0.29, 0.717) is 16.9 Å². The fraction of sp³-hybridized carbons (Fsp3) is 0.545. The molecule has 0 unspecified atom stereocenters. The molecule has 1 saturated carbocycles. The fourth-order valence-electron chi connectivity index (χ4n) is 1.54. The van der Waals surface area contributed by atoms with Crippen molar-refractivity contribution in [2.45, 2.75) is 31.7 Å². The Hall–Kier alpha value is -1.36. The van der Waals surface area contributed by atoms with Crippen molar-refractivity contribution >= 4 is 23.3 Å². The molecule has 5 nitrogen and oxygen atoms in total. The van der Waals surface area contributed by atoms with E-state index in [0.717, 1.165) is 18.7 Å². The Labute approximate surface area is 105 Å². The van der Waals surface area contributed by atoms with Gasteiger partial charge in [0.05, 0.1) is 0 Å². The average Bonchev–Trinajstić information content (AvgIpc) is 3.10. The summed E-state index contributed by atoms with van der Waals surface area (Å²) in [5.41, 5.74) is 0. The van der Waals surface area contributed by atoms with E-state index in [2.05, 4.69) is 20.6 Å². The summed E-state index contributed by atoms with van der Waals surface area (Å²) >= 11 is 5.93. The van der Waals surface area contributed by atoms with Crippen molar-refractivity contribution in [3.05, 3.63) is 17.0 Å². The van der Waals surface area contributed by atoms with Gasteiger partial charge in [0, 0.05) is 19.0 Å². The standard InChI is InChI=1S/C11H15ClN4O/c1-6(11(17)13-2)14-9-5-8(12)15-10(16-9)7-3-4-7/h5-7H,3-4H2,1-2H3,(H,13,17)(H,14,15,16)/t6-/m1/s1. The second kappa shape index (κ2) is 4.87. The summed E-state index contributed by atoms with van der Waals surface area (Å²) in [6.07, 6.45) is 2.23. The minimum atomic E-state index is -0.349. The third kappa shape index (κ3) is 3.06. The molecular weight excluding hydrogens is 240 g/mol. The van der Waals surface area contributed by atoms with Gasteiger partial charge in [-0.3, -0.25) is 4.79 Å². The zero-order valence-corrected chi connectivity index (χ0v) is 10.6. The van der Waals surface area contributed by atoms with Gasteiger partial charge in [0.15, 0.2) is 0 Å². The first-order chi connectivity index (χ1) is 8.10. The molecule has 6 heteroatoms. The molecule has 1 heterocycles. The van der Waals surface area contributed by atoms with E-state index in [9.17, 15) is 4.79 Å². The van der Waals surface area contributed by atoms with Crippen LogP contribution in [-0.4, -0.2) is 29.0 Å². The van der Waals surface area contributed by atoms with Gasteiger partial charge in [0.2, 0.25) is 5.91 Å². The quantitative estimate of drug-likeness (QED) is 0.800. The van der Waals surface area contributed by atoms with Crippen molar-refractivity contribution in [2.24, 2.45) is 0 Å². The summed E-state index contributed by atoms with van der Waals surface area (Å²) in [5.74, 6) is 1.71. The maximum absolute atomic E-state index is 11.4. The molecule has 1 fully saturated rings. The molecular formula is C11H15ClN4O. The lowest BCUT2D eigenvalue weighted by Gasteiger charge is -2.13. The van der Waals surface area contributed by atoms with Crippen LogP contribution in [0, 0.1) is 0 Å². The van der Waals surface area contributed by atoms with Crippen molar-refractivity contribution in [1.82, 2.24) is 15.3 Å². The van der Waals surface area contributed by atoms with Gasteiger partial charge in [-0.2, -0.15) is 0 Å². The number of nitrogens with zero attached hydrogens (tertiary/aromatic N) is 2. The molecule has 1 aliphatic rings. The molecule has 0 bridgehead atoms. The summed E-state index contributed by atoms with van der Waals surface area (Å²) in [6, 6.07) is 1.28. The van der Waals surface area contributed by atoms with Crippen LogP contribution < -0.4 is 10.6 Å². The molecule has 0 aliphatic heterocycles. The minimum Gasteiger partial charge on any atom is -0.358 e. The summed E-state index contributed by atoms with van der Waals surface area (Å²) in [5, 5.41) is 5.99. The Bertz CT molecular complexity index is 433. The molecule has 1 atom stereocenters. The molecule has 0 radical (unpaired) electrons. The van der Waals surface area contributed by atoms with Crippen LogP contribution >= 0.6 is 11.6 Å². The van der Waals surface area contributed by atoms with E-state index >= 15 is 0 Å². The van der Waals surface area contributed by atoms with E-state index in [4.69, 9.17) is 11.6 Å². The molecule has 92 valence electrons. The number of carbonyl (C=O) groups excluding carboxylic acids is 1. The Kier molecular flexibility index (Phi) is 3.47. The molecule has 0 spiro atoms. The first-order valence-corrected chi connectivity index (χ1v) is 6.00. The number of carbonyl (C=O) groups is 1. The first-order valence-electron chi connectivity index (χ1n) is 5.62. The normalized spacial score (nSPS) is 16.4. The van der Waals surface area contributed by atoms with E-state index in [-0.39, 0.29) is 11.9 Å². The molecule has 1 amide bonds. The van der Waals surface area contributed by atoms with Crippen molar-refractivity contribution in [1.29, 1.82) is 0 Å². The predicted molar refractivity (Wildman–Crippen MR) is 66.2 cm³/mol. The minimum absolute atomic E-state index is 0.0901. The third-order valence-electron chi connectivity index (χ3n) is 2.66. The molecule has 17 heavy (non-hydrogen) atoms. The van der Waals surface area contributed by atoms with Gasteiger partial charge >= 0.3 is 0 Å². The first kappa shape index (κ1) is 12.1. The average molecular weight is 255 g/mol. The topological polar surface area (TPSA) is 66.9 Å². The van der Waals surface area contributed by atoms with Gasteiger partial charge in [-0.1, -0.05) is 11.6 Å². The van der Waals surface area contributed by atoms with Crippen molar-refractivity contribution in [2.75, 3.05) is 12.4 Å². The van der Waals surface area contributed by atoms with Crippen LogP contribution in [0.1, 0.15) is 31.5 Å². The highest BCUT2D eigenvalue weighted by atomic mass is 35.5. The number of likely N-dealkylation sites (N-methyl/N-ethyl adjacent to an activating group) is 1. The molecule has 0 saturated heterocycles. The van der Waals surface area contributed by atoms with Crippen molar-refractivity contribution in [3.63, 3.8) is 0 Å². The second-order valence-electron chi connectivity index (χ2n) is 4.19. The lowest BCUT2D eigenvalue weighted by atomic mass is 10.3. The predicted octanol–water partition coefficient (Wildman–Crippen LogP) is 1.55. The van der Waals surface area contributed by atoms with Gasteiger partial charge in [-0.15, -0.1) is 0 Å². The number of halogens is 1. The van der Waals surface area contributed by atoms with Crippen LogP contribution in [0.4, 0.5) is 5.82 Å². The highest BCUT2D eigenvalue weighted by molar-refractivity contribution is 6.29. The molecule has 1 aromatic heterocycles. The number of hydrogen-bond donors (Lipinski definition) is 2. The van der Waals surface area contributed by atoms with Gasteiger partial charge in [-0.25, -0.2) is 9.97 Å². The third-order valence-corrected chi connectivity index (χ3v) is 2.85. The Balaban J connectivity index is 2.12. The number of aromatic nitrogens is 2. The summed E-state index contributed by atoms with van der Waals surface area (Å²) in [6.45, 7) is 1.77. The van der Waals surface area contributed by atoms with Crippen molar-refractivity contribution < 1.29 is 4.79 Å². The second-order valence-corrected chi connectivity index (χ2v) is 4.58. The Morgan fingerprint density at radius 2 is 2.24 bits per heavy atom. The molecule has 1 aromatic rings. The number of amides is 1. The van der Waals surface area contributed by atoms with Gasteiger partial charge in [-0.05, 0) is 19.8 Å². The van der Waals surface area contributed by atoms with E-state index in [1.165, 1.54) is 0 Å². The lowest BCUT2D eigenvalue weighted by Crippen LogP contribution is -2.35. The van der Waals surface area contributed by atoms with E-state index in [1.807, 2.05) is 0 Å². The van der Waals surface area contributed by atoms with Gasteiger partial charge in [0.1, 0.15) is 22.8 Å². The number of nitrogens with one attached hydrogen (secondary N) is 2. The van der Waals surface area contributed by atoms with Crippen LogP contribution in [0.3, 0.4) is 0 Å². The molecule has 2 rings (SSSR count). The highest BCUT2D eigenvalue weighted by Crippen LogP contribution is 2.38. The maximum Gasteiger partial charge on any atom is 0.241 e. The van der Waals surface area contributed by atoms with E-state index in [1.54, 1.807) is 20.0 Å². The summed E-state index contributed by atoms with van der Waals surface area (Å²) < 4.78 is 0. The van der Waals surface area contributed by atoms with Crippen molar-refractivity contribution in [3.8, 4) is 0 Å².